The molecule has 0 atom stereocenters. The zero-order valence-corrected chi connectivity index (χ0v) is 10.2. The molecule has 94 valence electrons. The minimum absolute atomic E-state index is 0.398. The van der Waals surface area contributed by atoms with Gasteiger partial charge in [0.05, 0.1) is 0 Å². The van der Waals surface area contributed by atoms with Gasteiger partial charge in [-0.05, 0) is 34.6 Å². The maximum atomic E-state index is 10.5. The summed E-state index contributed by atoms with van der Waals surface area (Å²) in [5, 5.41) is 10.9. The van der Waals surface area contributed by atoms with Crippen LogP contribution < -0.4 is 4.74 Å². The van der Waals surface area contributed by atoms with Crippen LogP contribution in [0.15, 0.2) is 54.1 Å². The molecule has 2 aromatic rings. The number of hydrogen-bond donors (Lipinski definition) is 1. The van der Waals surface area contributed by atoms with Crippen LogP contribution in [0.25, 0.3) is 16.8 Å². The molecule has 1 aliphatic heterocycles. The van der Waals surface area contributed by atoms with Gasteiger partial charge in [-0.1, -0.05) is 30.3 Å². The van der Waals surface area contributed by atoms with Crippen LogP contribution in [0.3, 0.4) is 0 Å². The highest BCUT2D eigenvalue weighted by molar-refractivity contribution is 5.94. The van der Waals surface area contributed by atoms with Gasteiger partial charge in [-0.25, -0.2) is 4.79 Å². The van der Waals surface area contributed by atoms with Crippen molar-refractivity contribution in [1.29, 1.82) is 0 Å². The summed E-state index contributed by atoms with van der Waals surface area (Å²) in [6.45, 7) is 0.398. The van der Waals surface area contributed by atoms with Crippen LogP contribution in [-0.2, 0) is 4.79 Å². The molecule has 0 fully saturated rings. The molecule has 0 bridgehead atoms. The largest absolute Gasteiger partial charge is 0.488 e. The van der Waals surface area contributed by atoms with Gasteiger partial charge >= 0.3 is 5.97 Å². The van der Waals surface area contributed by atoms with Gasteiger partial charge in [0.25, 0.3) is 0 Å². The standard InChI is InChI=1S/C16H12O3/c17-16(18)8-5-11-9-14-13-4-2-1-3-12(13)6-7-15(14)19-10-11/h1-9H,10H2,(H,17,18). The zero-order chi connectivity index (χ0) is 13.2. The van der Waals surface area contributed by atoms with Gasteiger partial charge in [0.1, 0.15) is 12.4 Å². The van der Waals surface area contributed by atoms with Crippen LogP contribution in [0.5, 0.6) is 5.75 Å². The Balaban J connectivity index is 2.12. The van der Waals surface area contributed by atoms with Crippen LogP contribution >= 0.6 is 0 Å². The minimum Gasteiger partial charge on any atom is -0.488 e. The number of rotatable bonds is 2. The fourth-order valence-corrected chi connectivity index (χ4v) is 2.21. The number of fused-ring (bicyclic) bond motifs is 3. The Labute approximate surface area is 110 Å². The first-order valence-electron chi connectivity index (χ1n) is 6.00. The second-order valence-corrected chi connectivity index (χ2v) is 4.38. The predicted octanol–water partition coefficient (Wildman–Crippen LogP) is 3.26. The lowest BCUT2D eigenvalue weighted by Crippen LogP contribution is -2.06. The number of ether oxygens (including phenoxy) is 1. The summed E-state index contributed by atoms with van der Waals surface area (Å²) >= 11 is 0. The molecule has 1 N–H and O–H groups in total. The van der Waals surface area contributed by atoms with Gasteiger partial charge in [-0.3, -0.25) is 0 Å². The molecular formula is C16H12O3. The first-order valence-corrected chi connectivity index (χ1v) is 6.00. The molecule has 0 saturated heterocycles. The summed E-state index contributed by atoms with van der Waals surface area (Å²) in [6, 6.07) is 12.0. The van der Waals surface area contributed by atoms with E-state index in [1.165, 1.54) is 0 Å². The molecule has 3 nitrogen and oxygen atoms in total. The van der Waals surface area contributed by atoms with Crippen LogP contribution in [0.4, 0.5) is 0 Å². The second kappa shape index (κ2) is 4.61. The molecule has 3 heteroatoms. The summed E-state index contributed by atoms with van der Waals surface area (Å²) in [7, 11) is 0. The predicted molar refractivity (Wildman–Crippen MR) is 74.2 cm³/mol. The van der Waals surface area contributed by atoms with Gasteiger partial charge in [-0.2, -0.15) is 0 Å². The molecule has 19 heavy (non-hydrogen) atoms. The maximum absolute atomic E-state index is 10.5. The monoisotopic (exact) mass is 252 g/mol. The van der Waals surface area contributed by atoms with E-state index in [1.807, 2.05) is 42.5 Å². The molecule has 1 aliphatic rings. The SMILES string of the molecule is O=C(O)C=CC1=Cc2c(ccc3ccccc23)OC1. The highest BCUT2D eigenvalue weighted by atomic mass is 16.5. The van der Waals surface area contributed by atoms with Crippen molar-refractivity contribution < 1.29 is 14.6 Å². The molecule has 0 aliphatic carbocycles. The summed E-state index contributed by atoms with van der Waals surface area (Å²) in [5.41, 5.74) is 1.86. The fourth-order valence-electron chi connectivity index (χ4n) is 2.21. The van der Waals surface area contributed by atoms with Crippen molar-refractivity contribution in [2.24, 2.45) is 0 Å². The van der Waals surface area contributed by atoms with Gasteiger partial charge in [-0.15, -0.1) is 0 Å². The van der Waals surface area contributed by atoms with E-state index < -0.39 is 5.97 Å². The second-order valence-electron chi connectivity index (χ2n) is 4.38. The third-order valence-corrected chi connectivity index (χ3v) is 3.09. The Hall–Kier alpha value is -2.55. The van der Waals surface area contributed by atoms with E-state index in [4.69, 9.17) is 9.84 Å². The molecule has 1 heterocycles. The topological polar surface area (TPSA) is 46.5 Å². The molecule has 0 spiro atoms. The smallest absolute Gasteiger partial charge is 0.328 e. The number of benzene rings is 2. The minimum atomic E-state index is -0.954. The average Bonchev–Trinajstić information content (AvgIpc) is 2.44. The van der Waals surface area contributed by atoms with Gasteiger partial charge in [0, 0.05) is 11.6 Å². The number of hydrogen-bond acceptors (Lipinski definition) is 2. The molecule has 0 radical (unpaired) electrons. The van der Waals surface area contributed by atoms with Crippen molar-refractivity contribution in [2.75, 3.05) is 6.61 Å². The normalized spacial score (nSPS) is 14.0. The summed E-state index contributed by atoms with van der Waals surface area (Å²) in [4.78, 5) is 10.5. The number of carboxylic acid groups (broad SMARTS) is 1. The van der Waals surface area contributed by atoms with Crippen molar-refractivity contribution in [3.05, 3.63) is 59.7 Å². The van der Waals surface area contributed by atoms with E-state index in [0.717, 1.165) is 33.7 Å². The summed E-state index contributed by atoms with van der Waals surface area (Å²) in [6.07, 6.45) is 4.69. The van der Waals surface area contributed by atoms with E-state index in [9.17, 15) is 4.79 Å². The van der Waals surface area contributed by atoms with Crippen molar-refractivity contribution in [3.8, 4) is 5.75 Å². The van der Waals surface area contributed by atoms with E-state index >= 15 is 0 Å². The zero-order valence-electron chi connectivity index (χ0n) is 10.2. The third kappa shape index (κ3) is 2.22. The quantitative estimate of drug-likeness (QED) is 0.834. The highest BCUT2D eigenvalue weighted by Gasteiger charge is 2.12. The molecule has 3 rings (SSSR count). The Morgan fingerprint density at radius 2 is 2.05 bits per heavy atom. The lowest BCUT2D eigenvalue weighted by molar-refractivity contribution is -0.131. The lowest BCUT2D eigenvalue weighted by Gasteiger charge is -2.17. The van der Waals surface area contributed by atoms with E-state index in [-0.39, 0.29) is 0 Å². The van der Waals surface area contributed by atoms with E-state index in [1.54, 1.807) is 6.08 Å². The molecular weight excluding hydrogens is 240 g/mol. The van der Waals surface area contributed by atoms with E-state index in [2.05, 4.69) is 0 Å². The van der Waals surface area contributed by atoms with Crippen LogP contribution in [0.1, 0.15) is 5.56 Å². The molecule has 0 saturated carbocycles. The Bertz CT molecular complexity index is 711. The highest BCUT2D eigenvalue weighted by Crippen LogP contribution is 2.33. The van der Waals surface area contributed by atoms with Gasteiger partial charge < -0.3 is 9.84 Å². The number of carbonyl (C=O) groups is 1. The Morgan fingerprint density at radius 3 is 2.89 bits per heavy atom. The first kappa shape index (κ1) is 11.5. The third-order valence-electron chi connectivity index (χ3n) is 3.09. The van der Waals surface area contributed by atoms with Crippen molar-refractivity contribution in [3.63, 3.8) is 0 Å². The number of carboxylic acids is 1. The van der Waals surface area contributed by atoms with Gasteiger partial charge in [0.2, 0.25) is 0 Å². The van der Waals surface area contributed by atoms with Crippen molar-refractivity contribution in [2.45, 2.75) is 0 Å². The fraction of sp³-hybridized carbons (Fsp3) is 0.0625. The molecule has 0 unspecified atom stereocenters. The van der Waals surface area contributed by atoms with Crippen LogP contribution in [-0.4, -0.2) is 17.7 Å². The number of aliphatic carboxylic acids is 1. The van der Waals surface area contributed by atoms with Crippen molar-refractivity contribution in [1.82, 2.24) is 0 Å². The van der Waals surface area contributed by atoms with E-state index in [0.29, 0.717) is 6.61 Å². The Kier molecular flexibility index (Phi) is 2.80. The average molecular weight is 252 g/mol. The van der Waals surface area contributed by atoms with Crippen LogP contribution in [0, 0.1) is 0 Å². The van der Waals surface area contributed by atoms with Gasteiger partial charge in [0.15, 0.2) is 0 Å². The summed E-state index contributed by atoms with van der Waals surface area (Å²) in [5.74, 6) is -0.115. The molecule has 0 aromatic heterocycles. The first-order chi connectivity index (χ1) is 9.24. The van der Waals surface area contributed by atoms with Crippen LogP contribution in [0.2, 0.25) is 0 Å². The maximum Gasteiger partial charge on any atom is 0.328 e. The summed E-state index contributed by atoms with van der Waals surface area (Å²) < 4.78 is 5.66. The molecule has 2 aromatic carbocycles. The Morgan fingerprint density at radius 1 is 1.21 bits per heavy atom. The lowest BCUT2D eigenvalue weighted by atomic mass is 9.99. The van der Waals surface area contributed by atoms with Crippen molar-refractivity contribution >= 4 is 22.8 Å². The molecule has 0 amide bonds.